The molecule has 1 saturated heterocycles. The Morgan fingerprint density at radius 1 is 1.43 bits per heavy atom. The Balaban J connectivity index is 2.44. The van der Waals surface area contributed by atoms with Gasteiger partial charge in [-0.3, -0.25) is 4.79 Å². The monoisotopic (exact) mass is 352 g/mol. The van der Waals surface area contributed by atoms with Gasteiger partial charge >= 0.3 is 0 Å². The summed E-state index contributed by atoms with van der Waals surface area (Å²) in [5, 5.41) is 4.93. The van der Waals surface area contributed by atoms with Gasteiger partial charge in [-0.2, -0.15) is 0 Å². The lowest BCUT2D eigenvalue weighted by Gasteiger charge is -2.24. The molecule has 1 fully saturated rings. The molecule has 2 N–H and O–H groups in total. The van der Waals surface area contributed by atoms with Gasteiger partial charge in [-0.15, -0.1) is 0 Å². The highest BCUT2D eigenvalue weighted by atomic mass is 35.5. The van der Waals surface area contributed by atoms with Crippen LogP contribution in [0.15, 0.2) is 17.0 Å². The van der Waals surface area contributed by atoms with Crippen LogP contribution in [0.25, 0.3) is 0 Å². The van der Waals surface area contributed by atoms with Crippen LogP contribution in [0, 0.1) is 0 Å². The van der Waals surface area contributed by atoms with Crippen molar-refractivity contribution in [3.8, 4) is 0 Å². The maximum absolute atomic E-state index is 12.5. The minimum Gasteiger partial charge on any atom is -0.379 e. The molecule has 0 aromatic heterocycles. The molecular formula is C12H14Cl2N2O4S. The normalized spacial score (nSPS) is 18.8. The lowest BCUT2D eigenvalue weighted by Crippen LogP contribution is -2.37. The predicted octanol–water partition coefficient (Wildman–Crippen LogP) is 1.50. The number of rotatable bonds is 3. The molecule has 1 aromatic carbocycles. The van der Waals surface area contributed by atoms with Crippen LogP contribution in [0.1, 0.15) is 16.8 Å². The number of halogens is 2. The summed E-state index contributed by atoms with van der Waals surface area (Å²) in [6, 6.07) is 2.37. The third-order valence-corrected chi connectivity index (χ3v) is 4.99. The van der Waals surface area contributed by atoms with Crippen molar-refractivity contribution in [1.29, 1.82) is 0 Å². The number of amides is 1. The average Bonchev–Trinajstić information content (AvgIpc) is 2.92. The standard InChI is InChI=1S/C12H14Cl2N2O4S/c1-16(8-2-3-20-6-8)12(17)9-4-7(13)5-10(11(9)14)21(15,18)19/h4-5,8H,2-3,6H2,1H3,(H2,15,18,19). The van der Waals surface area contributed by atoms with Gasteiger partial charge in [-0.25, -0.2) is 13.6 Å². The predicted molar refractivity (Wildman–Crippen MR) is 79.2 cm³/mol. The molecule has 9 heteroatoms. The molecule has 1 amide bonds. The van der Waals surface area contributed by atoms with E-state index in [0.29, 0.717) is 19.6 Å². The van der Waals surface area contributed by atoms with Crippen molar-refractivity contribution in [3.05, 3.63) is 27.7 Å². The Morgan fingerprint density at radius 3 is 2.62 bits per heavy atom. The van der Waals surface area contributed by atoms with Gasteiger partial charge < -0.3 is 9.64 Å². The molecule has 1 aliphatic rings. The molecule has 0 saturated carbocycles. The summed E-state index contributed by atoms with van der Waals surface area (Å²) >= 11 is 11.9. The second kappa shape index (κ2) is 6.10. The molecule has 6 nitrogen and oxygen atoms in total. The van der Waals surface area contributed by atoms with Crippen LogP contribution in [0.5, 0.6) is 0 Å². The van der Waals surface area contributed by atoms with Crippen LogP contribution in [-0.2, 0) is 14.8 Å². The minimum absolute atomic E-state index is 0.00240. The van der Waals surface area contributed by atoms with Crippen LogP contribution < -0.4 is 5.14 Å². The first kappa shape index (κ1) is 16.5. The summed E-state index contributed by atoms with van der Waals surface area (Å²) in [6.07, 6.45) is 0.711. The highest BCUT2D eigenvalue weighted by Crippen LogP contribution is 2.30. The Bertz CT molecular complexity index is 672. The van der Waals surface area contributed by atoms with E-state index in [9.17, 15) is 13.2 Å². The van der Waals surface area contributed by atoms with Gasteiger partial charge in [0.2, 0.25) is 10.0 Å². The molecule has 0 spiro atoms. The number of sulfonamides is 1. The largest absolute Gasteiger partial charge is 0.379 e. The van der Waals surface area contributed by atoms with Gasteiger partial charge in [0.1, 0.15) is 4.90 Å². The van der Waals surface area contributed by atoms with E-state index >= 15 is 0 Å². The van der Waals surface area contributed by atoms with Crippen molar-refractivity contribution < 1.29 is 17.9 Å². The highest BCUT2D eigenvalue weighted by molar-refractivity contribution is 7.89. The first-order valence-electron chi connectivity index (χ1n) is 6.08. The maximum atomic E-state index is 12.5. The molecule has 0 radical (unpaired) electrons. The van der Waals surface area contributed by atoms with Crippen molar-refractivity contribution >= 4 is 39.1 Å². The second-order valence-corrected chi connectivity index (χ2v) is 7.09. The zero-order valence-corrected chi connectivity index (χ0v) is 13.5. The van der Waals surface area contributed by atoms with Crippen molar-refractivity contribution in [2.45, 2.75) is 17.4 Å². The van der Waals surface area contributed by atoms with Gasteiger partial charge in [-0.1, -0.05) is 23.2 Å². The van der Waals surface area contributed by atoms with E-state index in [0.717, 1.165) is 6.07 Å². The van der Waals surface area contributed by atoms with E-state index in [4.69, 9.17) is 33.1 Å². The number of benzene rings is 1. The first-order chi connectivity index (χ1) is 9.71. The molecule has 1 aliphatic heterocycles. The van der Waals surface area contributed by atoms with Gasteiger partial charge in [0.15, 0.2) is 0 Å². The van der Waals surface area contributed by atoms with Crippen LogP contribution in [-0.4, -0.2) is 45.5 Å². The zero-order chi connectivity index (χ0) is 15.8. The quantitative estimate of drug-likeness (QED) is 0.892. The molecular weight excluding hydrogens is 339 g/mol. The van der Waals surface area contributed by atoms with Gasteiger partial charge in [-0.05, 0) is 18.6 Å². The number of carbonyl (C=O) groups excluding carboxylic acids is 1. The fourth-order valence-corrected chi connectivity index (χ4v) is 3.56. The zero-order valence-electron chi connectivity index (χ0n) is 11.2. The van der Waals surface area contributed by atoms with E-state index in [2.05, 4.69) is 0 Å². The lowest BCUT2D eigenvalue weighted by molar-refractivity contribution is 0.0711. The summed E-state index contributed by atoms with van der Waals surface area (Å²) < 4.78 is 28.2. The molecule has 0 aliphatic carbocycles. The van der Waals surface area contributed by atoms with Crippen LogP contribution >= 0.6 is 23.2 Å². The number of hydrogen-bond donors (Lipinski definition) is 1. The van der Waals surface area contributed by atoms with E-state index in [1.165, 1.54) is 11.0 Å². The number of carbonyl (C=O) groups is 1. The fourth-order valence-electron chi connectivity index (χ4n) is 2.11. The maximum Gasteiger partial charge on any atom is 0.255 e. The summed E-state index contributed by atoms with van der Waals surface area (Å²) in [5.74, 6) is -0.428. The molecule has 2 rings (SSSR count). The number of ether oxygens (including phenoxy) is 1. The van der Waals surface area contributed by atoms with Crippen molar-refractivity contribution in [2.75, 3.05) is 20.3 Å². The van der Waals surface area contributed by atoms with E-state index in [-0.39, 0.29) is 26.5 Å². The Labute approximate surface area is 132 Å². The molecule has 21 heavy (non-hydrogen) atoms. The van der Waals surface area contributed by atoms with E-state index in [1.54, 1.807) is 7.05 Å². The van der Waals surface area contributed by atoms with Crippen LogP contribution in [0.2, 0.25) is 10.0 Å². The van der Waals surface area contributed by atoms with E-state index in [1.807, 2.05) is 0 Å². The highest BCUT2D eigenvalue weighted by Gasteiger charge is 2.28. The summed E-state index contributed by atoms with van der Waals surface area (Å²) in [6.45, 7) is 1.01. The number of nitrogens with zero attached hydrogens (tertiary/aromatic N) is 1. The van der Waals surface area contributed by atoms with Crippen molar-refractivity contribution in [3.63, 3.8) is 0 Å². The fraction of sp³-hybridized carbons (Fsp3) is 0.417. The van der Waals surface area contributed by atoms with Crippen molar-refractivity contribution in [1.82, 2.24) is 4.90 Å². The third kappa shape index (κ3) is 3.49. The molecule has 1 atom stereocenters. The van der Waals surface area contributed by atoms with Gasteiger partial charge in [0, 0.05) is 18.7 Å². The van der Waals surface area contributed by atoms with Crippen molar-refractivity contribution in [2.24, 2.45) is 5.14 Å². The third-order valence-electron chi connectivity index (χ3n) is 3.31. The Kier molecular flexibility index (Phi) is 4.79. The SMILES string of the molecule is CN(C(=O)c1cc(Cl)cc(S(N)(=O)=O)c1Cl)C1CCOC1. The topological polar surface area (TPSA) is 89.7 Å². The lowest BCUT2D eigenvalue weighted by atomic mass is 10.1. The summed E-state index contributed by atoms with van der Waals surface area (Å²) in [5.41, 5.74) is 0.00240. The molecule has 1 aromatic rings. The van der Waals surface area contributed by atoms with Crippen LogP contribution in [0.3, 0.4) is 0 Å². The van der Waals surface area contributed by atoms with Crippen LogP contribution in [0.4, 0.5) is 0 Å². The number of primary sulfonamides is 1. The number of hydrogen-bond acceptors (Lipinski definition) is 4. The minimum atomic E-state index is -4.07. The first-order valence-corrected chi connectivity index (χ1v) is 8.39. The second-order valence-electron chi connectivity index (χ2n) is 4.74. The average molecular weight is 353 g/mol. The number of nitrogens with two attached hydrogens (primary N) is 1. The Morgan fingerprint density at radius 2 is 2.10 bits per heavy atom. The summed E-state index contributed by atoms with van der Waals surface area (Å²) in [4.78, 5) is 13.6. The summed E-state index contributed by atoms with van der Waals surface area (Å²) in [7, 11) is -2.46. The number of likely N-dealkylation sites (N-methyl/N-ethyl adjacent to an activating group) is 1. The van der Waals surface area contributed by atoms with Gasteiger partial charge in [0.25, 0.3) is 5.91 Å². The Hall–Kier alpha value is -0.860. The smallest absolute Gasteiger partial charge is 0.255 e. The molecule has 0 bridgehead atoms. The molecule has 1 unspecified atom stereocenters. The van der Waals surface area contributed by atoms with E-state index < -0.39 is 15.9 Å². The van der Waals surface area contributed by atoms with Gasteiger partial charge in [0.05, 0.1) is 23.2 Å². The molecule has 1 heterocycles. The molecule has 116 valence electrons.